The highest BCUT2D eigenvalue weighted by molar-refractivity contribution is 5.56. The average molecular weight is 309 g/mol. The minimum Gasteiger partial charge on any atom is -0.379 e. The molecule has 2 aromatic rings. The molecule has 0 unspecified atom stereocenters. The number of hydrogen-bond donors (Lipinski definition) is 0. The molecule has 2 aliphatic rings. The molecule has 2 saturated heterocycles. The predicted octanol–water partition coefficient (Wildman–Crippen LogP) is 2.63. The lowest BCUT2D eigenvalue weighted by Crippen LogP contribution is -2.56. The molecule has 0 spiro atoms. The first kappa shape index (κ1) is 14.5. The minimum atomic E-state index is 0.267. The topological polar surface area (TPSA) is 19.0 Å². The third kappa shape index (κ3) is 2.92. The number of rotatable bonds is 3. The number of hydrogen-bond acceptors (Lipinski definition) is 4. The fourth-order valence-electron chi connectivity index (χ4n) is 3.58. The van der Waals surface area contributed by atoms with Crippen LogP contribution in [0, 0.1) is 0 Å². The largest absolute Gasteiger partial charge is 0.379 e. The Morgan fingerprint density at radius 1 is 0.652 bits per heavy atom. The molecule has 0 bridgehead atoms. The van der Waals surface area contributed by atoms with Gasteiger partial charge in [-0.1, -0.05) is 36.4 Å². The smallest absolute Gasteiger partial charge is 0.160 e. The molecule has 4 rings (SSSR count). The van der Waals surface area contributed by atoms with Crippen molar-refractivity contribution in [3.63, 3.8) is 0 Å². The fraction of sp³-hybridized carbons (Fsp3) is 0.368. The van der Waals surface area contributed by atoms with E-state index in [0.717, 1.165) is 39.4 Å². The number of nitrogens with zero attached hydrogens (tertiary/aromatic N) is 3. The van der Waals surface area contributed by atoms with Crippen LogP contribution in [0.4, 0.5) is 11.4 Å². The third-order valence-corrected chi connectivity index (χ3v) is 4.69. The maximum absolute atomic E-state index is 5.56. The second-order valence-electron chi connectivity index (χ2n) is 6.05. The van der Waals surface area contributed by atoms with Crippen molar-refractivity contribution in [2.45, 2.75) is 6.29 Å². The SMILES string of the molecule is c1ccc(N2CCN(c3ccccc3)C2N2CCOCC2)cc1. The van der Waals surface area contributed by atoms with Crippen LogP contribution in [-0.4, -0.2) is 50.6 Å². The maximum atomic E-state index is 5.56. The lowest BCUT2D eigenvalue weighted by atomic mass is 10.2. The van der Waals surface area contributed by atoms with Crippen molar-refractivity contribution in [1.29, 1.82) is 0 Å². The summed E-state index contributed by atoms with van der Waals surface area (Å²) in [4.78, 5) is 7.56. The van der Waals surface area contributed by atoms with E-state index in [1.165, 1.54) is 11.4 Å². The van der Waals surface area contributed by atoms with Gasteiger partial charge in [0.2, 0.25) is 0 Å². The van der Waals surface area contributed by atoms with Gasteiger partial charge in [0.1, 0.15) is 0 Å². The molecule has 0 aliphatic carbocycles. The monoisotopic (exact) mass is 309 g/mol. The van der Waals surface area contributed by atoms with Crippen molar-refractivity contribution in [2.75, 3.05) is 49.2 Å². The van der Waals surface area contributed by atoms with Crippen LogP contribution in [0.25, 0.3) is 0 Å². The van der Waals surface area contributed by atoms with E-state index in [-0.39, 0.29) is 6.29 Å². The summed E-state index contributed by atoms with van der Waals surface area (Å²) >= 11 is 0. The van der Waals surface area contributed by atoms with Gasteiger partial charge in [-0.25, -0.2) is 0 Å². The van der Waals surface area contributed by atoms with Gasteiger partial charge in [-0.2, -0.15) is 0 Å². The van der Waals surface area contributed by atoms with Crippen molar-refractivity contribution < 1.29 is 4.74 Å². The fourth-order valence-corrected chi connectivity index (χ4v) is 3.58. The van der Waals surface area contributed by atoms with Crippen molar-refractivity contribution in [3.8, 4) is 0 Å². The van der Waals surface area contributed by atoms with Crippen LogP contribution in [0.5, 0.6) is 0 Å². The molecular formula is C19H23N3O. The van der Waals surface area contributed by atoms with Gasteiger partial charge in [-0.15, -0.1) is 0 Å². The molecule has 2 aliphatic heterocycles. The molecule has 2 heterocycles. The highest BCUT2D eigenvalue weighted by Crippen LogP contribution is 2.30. The first-order chi connectivity index (χ1) is 11.4. The average Bonchev–Trinajstić information content (AvgIpc) is 3.09. The molecule has 0 radical (unpaired) electrons. The van der Waals surface area contributed by atoms with Gasteiger partial charge < -0.3 is 14.5 Å². The van der Waals surface area contributed by atoms with E-state index in [1.807, 2.05) is 0 Å². The first-order valence-electron chi connectivity index (χ1n) is 8.39. The molecule has 2 fully saturated rings. The molecule has 23 heavy (non-hydrogen) atoms. The lowest BCUT2D eigenvalue weighted by Gasteiger charge is -2.42. The van der Waals surface area contributed by atoms with Crippen LogP contribution in [0.15, 0.2) is 60.7 Å². The van der Waals surface area contributed by atoms with E-state index in [4.69, 9.17) is 4.74 Å². The quantitative estimate of drug-likeness (QED) is 0.867. The summed E-state index contributed by atoms with van der Waals surface area (Å²) in [6, 6.07) is 21.5. The van der Waals surface area contributed by atoms with E-state index in [1.54, 1.807) is 0 Å². The van der Waals surface area contributed by atoms with Crippen LogP contribution >= 0.6 is 0 Å². The van der Waals surface area contributed by atoms with Crippen molar-refractivity contribution >= 4 is 11.4 Å². The standard InChI is InChI=1S/C19H23N3O/c1-3-7-17(8-4-1)21-11-12-22(18-9-5-2-6-10-18)19(21)20-13-15-23-16-14-20/h1-10,19H,11-16H2. The molecule has 120 valence electrons. The van der Waals surface area contributed by atoms with Crippen LogP contribution < -0.4 is 9.80 Å². The Morgan fingerprint density at radius 3 is 1.61 bits per heavy atom. The molecule has 0 amide bonds. The van der Waals surface area contributed by atoms with Crippen LogP contribution in [0.1, 0.15) is 0 Å². The Hall–Kier alpha value is -2.04. The lowest BCUT2D eigenvalue weighted by molar-refractivity contribution is 0.0194. The zero-order valence-electron chi connectivity index (χ0n) is 13.3. The van der Waals surface area contributed by atoms with Gasteiger partial charge in [0.15, 0.2) is 6.29 Å². The van der Waals surface area contributed by atoms with Gasteiger partial charge in [0, 0.05) is 37.6 Å². The molecule has 4 nitrogen and oxygen atoms in total. The zero-order chi connectivity index (χ0) is 15.5. The highest BCUT2D eigenvalue weighted by atomic mass is 16.5. The molecule has 0 saturated carbocycles. The molecule has 4 heteroatoms. The van der Waals surface area contributed by atoms with Crippen molar-refractivity contribution in [1.82, 2.24) is 4.90 Å². The second-order valence-corrected chi connectivity index (χ2v) is 6.05. The van der Waals surface area contributed by atoms with E-state index in [0.29, 0.717) is 0 Å². The summed E-state index contributed by atoms with van der Waals surface area (Å²) in [6.45, 7) is 5.69. The second kappa shape index (κ2) is 6.60. The first-order valence-corrected chi connectivity index (χ1v) is 8.39. The molecular weight excluding hydrogens is 286 g/mol. The van der Waals surface area contributed by atoms with E-state index >= 15 is 0 Å². The summed E-state index contributed by atoms with van der Waals surface area (Å²) < 4.78 is 5.56. The Kier molecular flexibility index (Phi) is 4.18. The van der Waals surface area contributed by atoms with E-state index in [2.05, 4.69) is 75.4 Å². The van der Waals surface area contributed by atoms with Gasteiger partial charge in [0.05, 0.1) is 13.2 Å². The summed E-state index contributed by atoms with van der Waals surface area (Å²) in [5.74, 6) is 0. The Bertz CT molecular complexity index is 566. The van der Waals surface area contributed by atoms with Gasteiger partial charge in [-0.3, -0.25) is 4.90 Å². The van der Waals surface area contributed by atoms with Crippen LogP contribution in [0.3, 0.4) is 0 Å². The van der Waals surface area contributed by atoms with E-state index < -0.39 is 0 Å². The normalized spacial score (nSPS) is 20.2. The molecule has 0 N–H and O–H groups in total. The Balaban J connectivity index is 1.67. The predicted molar refractivity (Wildman–Crippen MR) is 93.8 cm³/mol. The number of morpholine rings is 1. The number of benzene rings is 2. The maximum Gasteiger partial charge on any atom is 0.160 e. The number of anilines is 2. The highest BCUT2D eigenvalue weighted by Gasteiger charge is 2.37. The summed E-state index contributed by atoms with van der Waals surface area (Å²) in [6.07, 6.45) is 0.267. The van der Waals surface area contributed by atoms with Gasteiger partial charge >= 0.3 is 0 Å². The molecule has 2 aromatic carbocycles. The Labute approximate surface area is 137 Å². The number of ether oxygens (including phenoxy) is 1. The van der Waals surface area contributed by atoms with Gasteiger partial charge in [-0.05, 0) is 24.3 Å². The summed E-state index contributed by atoms with van der Waals surface area (Å²) in [5, 5.41) is 0. The van der Waals surface area contributed by atoms with Crippen molar-refractivity contribution in [3.05, 3.63) is 60.7 Å². The zero-order valence-corrected chi connectivity index (χ0v) is 13.3. The summed E-state index contributed by atoms with van der Waals surface area (Å²) in [5.41, 5.74) is 2.59. The van der Waals surface area contributed by atoms with Crippen LogP contribution in [0.2, 0.25) is 0 Å². The number of para-hydroxylation sites is 2. The van der Waals surface area contributed by atoms with Crippen LogP contribution in [-0.2, 0) is 4.74 Å². The van der Waals surface area contributed by atoms with Crippen molar-refractivity contribution in [2.24, 2.45) is 0 Å². The van der Waals surface area contributed by atoms with E-state index in [9.17, 15) is 0 Å². The molecule has 0 aromatic heterocycles. The van der Waals surface area contributed by atoms with Gasteiger partial charge in [0.25, 0.3) is 0 Å². The summed E-state index contributed by atoms with van der Waals surface area (Å²) in [7, 11) is 0. The Morgan fingerprint density at radius 2 is 1.13 bits per heavy atom. The minimum absolute atomic E-state index is 0.267. The molecule has 0 atom stereocenters. The third-order valence-electron chi connectivity index (χ3n) is 4.69.